The number of imide groups is 1. The Morgan fingerprint density at radius 1 is 1.09 bits per heavy atom. The molecule has 2 N–H and O–H groups in total. The molecule has 0 unspecified atom stereocenters. The Labute approximate surface area is 130 Å². The van der Waals surface area contributed by atoms with Crippen LogP contribution in [0.4, 0.5) is 4.79 Å². The Kier molecular flexibility index (Phi) is 6.18. The molecule has 1 saturated heterocycles. The van der Waals surface area contributed by atoms with E-state index in [2.05, 4.69) is 10.6 Å². The molecule has 1 aliphatic carbocycles. The molecular formula is C15H24N2O5. The van der Waals surface area contributed by atoms with Gasteiger partial charge in [0.05, 0.1) is 0 Å². The summed E-state index contributed by atoms with van der Waals surface area (Å²) in [6.45, 7) is 1.97. The lowest BCUT2D eigenvalue weighted by atomic mass is 9.96. The fourth-order valence-electron chi connectivity index (χ4n) is 2.75. The summed E-state index contributed by atoms with van der Waals surface area (Å²) in [5.74, 6) is -1.17. The van der Waals surface area contributed by atoms with Gasteiger partial charge in [0, 0.05) is 12.6 Å². The normalized spacial score (nSPS) is 23.6. The molecule has 2 fully saturated rings. The molecule has 0 bridgehead atoms. The minimum atomic E-state index is -1.02. The monoisotopic (exact) mass is 312 g/mol. The zero-order valence-electron chi connectivity index (χ0n) is 12.9. The van der Waals surface area contributed by atoms with Gasteiger partial charge < -0.3 is 14.8 Å². The summed E-state index contributed by atoms with van der Waals surface area (Å²) in [5, 5.41) is 4.99. The van der Waals surface area contributed by atoms with Crippen molar-refractivity contribution in [3.63, 3.8) is 0 Å². The molecule has 7 nitrogen and oxygen atoms in total. The van der Waals surface area contributed by atoms with E-state index in [9.17, 15) is 14.4 Å². The highest BCUT2D eigenvalue weighted by atomic mass is 16.6. The highest BCUT2D eigenvalue weighted by Gasteiger charge is 2.29. The molecule has 2 rings (SSSR count). The van der Waals surface area contributed by atoms with Gasteiger partial charge in [-0.2, -0.15) is 0 Å². The molecule has 1 aliphatic heterocycles. The van der Waals surface area contributed by atoms with Gasteiger partial charge in [0.25, 0.3) is 5.91 Å². The van der Waals surface area contributed by atoms with Crippen molar-refractivity contribution >= 4 is 17.9 Å². The summed E-state index contributed by atoms with van der Waals surface area (Å²) in [6, 6.07) is -0.414. The van der Waals surface area contributed by atoms with Gasteiger partial charge in [-0.25, -0.2) is 9.59 Å². The molecule has 0 aromatic heterocycles. The van der Waals surface area contributed by atoms with Crippen LogP contribution in [0.2, 0.25) is 0 Å². The second-order valence-electron chi connectivity index (χ2n) is 5.88. The van der Waals surface area contributed by atoms with Crippen LogP contribution in [0.5, 0.6) is 0 Å². The quantitative estimate of drug-likeness (QED) is 0.762. The van der Waals surface area contributed by atoms with Crippen LogP contribution >= 0.6 is 0 Å². The maximum Gasteiger partial charge on any atom is 0.336 e. The molecule has 0 aromatic rings. The number of rotatable bonds is 4. The number of carbonyl (C=O) groups is 3. The first-order valence-corrected chi connectivity index (χ1v) is 7.99. The number of urea groups is 1. The lowest BCUT2D eigenvalue weighted by molar-refractivity contribution is -0.163. The molecule has 22 heavy (non-hydrogen) atoms. The van der Waals surface area contributed by atoms with Gasteiger partial charge in [-0.15, -0.1) is 0 Å². The summed E-state index contributed by atoms with van der Waals surface area (Å²) in [6.07, 6.45) is 5.05. The van der Waals surface area contributed by atoms with Gasteiger partial charge in [0.1, 0.15) is 0 Å². The molecule has 0 radical (unpaired) electrons. The van der Waals surface area contributed by atoms with Gasteiger partial charge in [0.2, 0.25) is 0 Å². The highest BCUT2D eigenvalue weighted by Crippen LogP contribution is 2.17. The van der Waals surface area contributed by atoms with Gasteiger partial charge in [-0.3, -0.25) is 10.1 Å². The highest BCUT2D eigenvalue weighted by molar-refractivity contribution is 5.97. The number of carbonyl (C=O) groups excluding carboxylic acids is 3. The predicted octanol–water partition coefficient (Wildman–Crippen LogP) is 1.26. The molecule has 7 heteroatoms. The predicted molar refractivity (Wildman–Crippen MR) is 78.1 cm³/mol. The SMILES string of the molecule is C[C@@H](OC(=O)[C@H]1CCCO1)C(=O)NC(=O)NC1CCCCC1. The Morgan fingerprint density at radius 2 is 1.82 bits per heavy atom. The maximum atomic E-state index is 11.9. The average molecular weight is 312 g/mol. The smallest absolute Gasteiger partial charge is 0.336 e. The van der Waals surface area contributed by atoms with Gasteiger partial charge in [-0.1, -0.05) is 19.3 Å². The van der Waals surface area contributed by atoms with Crippen LogP contribution in [0.1, 0.15) is 51.9 Å². The average Bonchev–Trinajstić information content (AvgIpc) is 3.02. The number of hydrogen-bond donors (Lipinski definition) is 2. The number of ether oxygens (including phenoxy) is 2. The fraction of sp³-hybridized carbons (Fsp3) is 0.800. The van der Waals surface area contributed by atoms with Crippen molar-refractivity contribution < 1.29 is 23.9 Å². The Morgan fingerprint density at radius 3 is 2.45 bits per heavy atom. The van der Waals surface area contributed by atoms with Crippen LogP contribution < -0.4 is 10.6 Å². The molecule has 124 valence electrons. The second-order valence-corrected chi connectivity index (χ2v) is 5.88. The van der Waals surface area contributed by atoms with E-state index >= 15 is 0 Å². The van der Waals surface area contributed by atoms with E-state index in [0.717, 1.165) is 32.1 Å². The molecule has 1 heterocycles. The third-order valence-corrected chi connectivity index (χ3v) is 4.03. The van der Waals surface area contributed by atoms with Crippen molar-refractivity contribution in [2.75, 3.05) is 6.61 Å². The van der Waals surface area contributed by atoms with Crippen LogP contribution in [0.3, 0.4) is 0 Å². The lowest BCUT2D eigenvalue weighted by Gasteiger charge is -2.23. The topological polar surface area (TPSA) is 93.7 Å². The zero-order chi connectivity index (χ0) is 15.9. The van der Waals surface area contributed by atoms with E-state index in [1.807, 2.05) is 0 Å². The lowest BCUT2D eigenvalue weighted by Crippen LogP contribution is -2.48. The molecule has 0 spiro atoms. The summed E-state index contributed by atoms with van der Waals surface area (Å²) < 4.78 is 10.2. The van der Waals surface area contributed by atoms with Crippen molar-refractivity contribution in [3.05, 3.63) is 0 Å². The van der Waals surface area contributed by atoms with Crippen LogP contribution in [0.25, 0.3) is 0 Å². The summed E-state index contributed by atoms with van der Waals surface area (Å²) >= 11 is 0. The van der Waals surface area contributed by atoms with Crippen LogP contribution in [-0.2, 0) is 19.1 Å². The number of nitrogens with one attached hydrogen (secondary N) is 2. The largest absolute Gasteiger partial charge is 0.451 e. The second kappa shape index (κ2) is 8.12. The van der Waals surface area contributed by atoms with Crippen molar-refractivity contribution in [2.45, 2.75) is 70.1 Å². The summed E-state index contributed by atoms with van der Waals surface area (Å²) in [7, 11) is 0. The van der Waals surface area contributed by atoms with Crippen molar-refractivity contribution in [1.29, 1.82) is 0 Å². The van der Waals surface area contributed by atoms with Crippen LogP contribution in [0.15, 0.2) is 0 Å². The van der Waals surface area contributed by atoms with Gasteiger partial charge >= 0.3 is 12.0 Å². The first kappa shape index (κ1) is 16.7. The van der Waals surface area contributed by atoms with E-state index < -0.39 is 30.1 Å². The van der Waals surface area contributed by atoms with Crippen molar-refractivity contribution in [3.8, 4) is 0 Å². The molecule has 2 aliphatic rings. The van der Waals surface area contributed by atoms with E-state index in [-0.39, 0.29) is 6.04 Å². The molecular weight excluding hydrogens is 288 g/mol. The van der Waals surface area contributed by atoms with Gasteiger partial charge in [0.15, 0.2) is 12.2 Å². The first-order valence-electron chi connectivity index (χ1n) is 7.99. The Bertz CT molecular complexity index is 414. The van der Waals surface area contributed by atoms with E-state index in [1.165, 1.54) is 13.3 Å². The standard InChI is InChI=1S/C15H24N2O5/c1-10(22-14(19)12-8-5-9-21-12)13(18)17-15(20)16-11-6-3-2-4-7-11/h10-12H,2-9H2,1H3,(H2,16,17,18,20)/t10-,12-/m1/s1. The van der Waals surface area contributed by atoms with E-state index in [0.29, 0.717) is 13.0 Å². The summed E-state index contributed by atoms with van der Waals surface area (Å²) in [5.41, 5.74) is 0. The third kappa shape index (κ3) is 4.98. The van der Waals surface area contributed by atoms with Crippen molar-refractivity contribution in [1.82, 2.24) is 10.6 Å². The first-order chi connectivity index (χ1) is 10.6. The summed E-state index contributed by atoms with van der Waals surface area (Å²) in [4.78, 5) is 35.4. The number of esters is 1. The van der Waals surface area contributed by atoms with Crippen LogP contribution in [0, 0.1) is 0 Å². The minimum absolute atomic E-state index is 0.117. The molecule has 0 aromatic carbocycles. The van der Waals surface area contributed by atoms with E-state index in [4.69, 9.17) is 9.47 Å². The van der Waals surface area contributed by atoms with Crippen LogP contribution in [-0.4, -0.2) is 42.8 Å². The van der Waals surface area contributed by atoms with Crippen molar-refractivity contribution in [2.24, 2.45) is 0 Å². The minimum Gasteiger partial charge on any atom is -0.451 e. The third-order valence-electron chi connectivity index (χ3n) is 4.03. The Balaban J connectivity index is 1.70. The number of amides is 3. The van der Waals surface area contributed by atoms with Gasteiger partial charge in [-0.05, 0) is 32.6 Å². The Hall–Kier alpha value is -1.63. The van der Waals surface area contributed by atoms with E-state index in [1.54, 1.807) is 0 Å². The zero-order valence-corrected chi connectivity index (χ0v) is 12.9. The maximum absolute atomic E-state index is 11.9. The fourth-order valence-corrected chi connectivity index (χ4v) is 2.75. The number of hydrogen-bond acceptors (Lipinski definition) is 5. The molecule has 3 amide bonds. The molecule has 2 atom stereocenters. The molecule has 1 saturated carbocycles.